The van der Waals surface area contributed by atoms with E-state index in [-0.39, 0.29) is 6.04 Å². The maximum Gasteiger partial charge on any atom is 0.120 e. The van der Waals surface area contributed by atoms with Crippen LogP contribution in [0.15, 0.2) is 24.3 Å². The first-order valence-corrected chi connectivity index (χ1v) is 4.06. The van der Waals surface area contributed by atoms with Crippen LogP contribution in [0.3, 0.4) is 0 Å². The Hall–Kier alpha value is -1.53. The van der Waals surface area contributed by atoms with Crippen molar-refractivity contribution in [2.75, 3.05) is 6.61 Å². The Labute approximate surface area is 77.7 Å². The fraction of sp³-hybridized carbons (Fsp3) is 0.300. The summed E-state index contributed by atoms with van der Waals surface area (Å²) in [6.07, 6.45) is 0. The monoisotopic (exact) mass is 175 g/mol. The number of hydrogen-bond donors (Lipinski definition) is 0. The number of nitriles is 1. The number of nitrogens with one attached hydrogen (secondary N) is 1. The Balaban J connectivity index is 2.63. The van der Waals surface area contributed by atoms with Gasteiger partial charge in [-0.25, -0.2) is 0 Å². The third-order valence-corrected chi connectivity index (χ3v) is 1.46. The van der Waals surface area contributed by atoms with Crippen molar-refractivity contribution < 1.29 is 4.74 Å². The van der Waals surface area contributed by atoms with Crippen molar-refractivity contribution in [1.82, 2.24) is 5.73 Å². The molecule has 67 valence electrons. The van der Waals surface area contributed by atoms with Gasteiger partial charge >= 0.3 is 0 Å². The fourth-order valence-corrected chi connectivity index (χ4v) is 0.877. The molecule has 1 unspecified atom stereocenters. The molecule has 13 heavy (non-hydrogen) atoms. The van der Waals surface area contributed by atoms with Gasteiger partial charge in [-0.3, -0.25) is 5.73 Å². The van der Waals surface area contributed by atoms with Crippen molar-refractivity contribution in [1.29, 1.82) is 5.26 Å². The molecule has 0 aliphatic rings. The molecule has 1 aromatic carbocycles. The summed E-state index contributed by atoms with van der Waals surface area (Å²) in [6, 6.07) is 8.72. The van der Waals surface area contributed by atoms with Gasteiger partial charge in [0.2, 0.25) is 0 Å². The van der Waals surface area contributed by atoms with Crippen LogP contribution in [0.4, 0.5) is 0 Å². The predicted molar refractivity (Wildman–Crippen MR) is 49.2 cm³/mol. The minimum atomic E-state index is -0.245. The van der Waals surface area contributed by atoms with E-state index in [0.29, 0.717) is 17.9 Å². The van der Waals surface area contributed by atoms with E-state index in [1.54, 1.807) is 31.2 Å². The van der Waals surface area contributed by atoms with Crippen LogP contribution in [0.5, 0.6) is 5.75 Å². The summed E-state index contributed by atoms with van der Waals surface area (Å²) in [4.78, 5) is 0. The quantitative estimate of drug-likeness (QED) is 0.700. The van der Waals surface area contributed by atoms with E-state index in [2.05, 4.69) is 0 Å². The first-order chi connectivity index (χ1) is 6.22. The highest BCUT2D eigenvalue weighted by molar-refractivity contribution is 5.36. The normalized spacial score (nSPS) is 11.8. The SMILES string of the molecule is CC([NH])COc1cccc(C#N)c1. The molecule has 0 bridgehead atoms. The summed E-state index contributed by atoms with van der Waals surface area (Å²) in [5.74, 6) is 0.651. The van der Waals surface area contributed by atoms with Gasteiger partial charge in [0.15, 0.2) is 0 Å². The largest absolute Gasteiger partial charge is 0.492 e. The van der Waals surface area contributed by atoms with Crippen LogP contribution in [0.2, 0.25) is 0 Å². The van der Waals surface area contributed by atoms with Gasteiger partial charge in [0.1, 0.15) is 12.4 Å². The molecule has 1 aromatic rings. The van der Waals surface area contributed by atoms with Gasteiger partial charge in [0, 0.05) is 0 Å². The van der Waals surface area contributed by atoms with Crippen molar-refractivity contribution in [3.05, 3.63) is 29.8 Å². The van der Waals surface area contributed by atoms with E-state index < -0.39 is 0 Å². The Morgan fingerprint density at radius 3 is 3.00 bits per heavy atom. The highest BCUT2D eigenvalue weighted by Crippen LogP contribution is 2.12. The molecule has 1 radical (unpaired) electrons. The summed E-state index contributed by atoms with van der Waals surface area (Å²) < 4.78 is 5.27. The molecule has 0 saturated heterocycles. The van der Waals surface area contributed by atoms with Gasteiger partial charge in [-0.05, 0) is 25.1 Å². The highest BCUT2D eigenvalue weighted by Gasteiger charge is 1.98. The molecule has 3 nitrogen and oxygen atoms in total. The van der Waals surface area contributed by atoms with E-state index in [0.717, 1.165) is 0 Å². The first-order valence-electron chi connectivity index (χ1n) is 4.06. The second-order valence-electron chi connectivity index (χ2n) is 2.85. The van der Waals surface area contributed by atoms with Crippen molar-refractivity contribution in [2.24, 2.45) is 0 Å². The summed E-state index contributed by atoms with van der Waals surface area (Å²) in [7, 11) is 0. The van der Waals surface area contributed by atoms with E-state index in [9.17, 15) is 0 Å². The summed E-state index contributed by atoms with van der Waals surface area (Å²) in [5, 5.41) is 8.60. The molecule has 1 atom stereocenters. The van der Waals surface area contributed by atoms with E-state index in [1.807, 2.05) is 6.07 Å². The molecule has 0 aromatic heterocycles. The molecule has 3 heteroatoms. The van der Waals surface area contributed by atoms with Crippen LogP contribution in [0.1, 0.15) is 12.5 Å². The third-order valence-electron chi connectivity index (χ3n) is 1.46. The van der Waals surface area contributed by atoms with Gasteiger partial charge in [-0.2, -0.15) is 5.26 Å². The topological polar surface area (TPSA) is 56.8 Å². The number of nitrogens with zero attached hydrogens (tertiary/aromatic N) is 1. The molecule has 0 aliphatic heterocycles. The maximum atomic E-state index is 8.60. The van der Waals surface area contributed by atoms with Crippen molar-refractivity contribution in [2.45, 2.75) is 13.0 Å². The standard InChI is InChI=1S/C10H11N2O/c1-8(12)7-13-10-4-2-3-9(5-10)6-11/h2-5,8,12H,7H2,1H3. The van der Waals surface area contributed by atoms with Crippen LogP contribution in [-0.4, -0.2) is 12.6 Å². The lowest BCUT2D eigenvalue weighted by Gasteiger charge is -2.07. The summed E-state index contributed by atoms with van der Waals surface area (Å²) >= 11 is 0. The van der Waals surface area contributed by atoms with Gasteiger partial charge in [-0.15, -0.1) is 0 Å². The number of rotatable bonds is 3. The van der Waals surface area contributed by atoms with Crippen molar-refractivity contribution >= 4 is 0 Å². The van der Waals surface area contributed by atoms with Gasteiger partial charge in [-0.1, -0.05) is 6.07 Å². The Bertz CT molecular complexity index is 315. The summed E-state index contributed by atoms with van der Waals surface area (Å²) in [6.45, 7) is 2.11. The van der Waals surface area contributed by atoms with Crippen molar-refractivity contribution in [3.63, 3.8) is 0 Å². The van der Waals surface area contributed by atoms with Crippen molar-refractivity contribution in [3.8, 4) is 11.8 Å². The second-order valence-corrected chi connectivity index (χ2v) is 2.85. The second kappa shape index (κ2) is 4.48. The number of ether oxygens (including phenoxy) is 1. The van der Waals surface area contributed by atoms with E-state index >= 15 is 0 Å². The predicted octanol–water partition coefficient (Wildman–Crippen LogP) is 1.61. The van der Waals surface area contributed by atoms with Crippen LogP contribution in [0, 0.1) is 11.3 Å². The first kappa shape index (κ1) is 9.56. The third kappa shape index (κ3) is 3.14. The molecule has 1 N–H and O–H groups in total. The highest BCUT2D eigenvalue weighted by atomic mass is 16.5. The fourth-order valence-electron chi connectivity index (χ4n) is 0.877. The lowest BCUT2D eigenvalue weighted by Crippen LogP contribution is -2.14. The van der Waals surface area contributed by atoms with Crippen LogP contribution >= 0.6 is 0 Å². The maximum absolute atomic E-state index is 8.60. The lowest BCUT2D eigenvalue weighted by atomic mass is 10.2. The Morgan fingerprint density at radius 1 is 1.62 bits per heavy atom. The van der Waals surface area contributed by atoms with Crippen LogP contribution in [0.25, 0.3) is 0 Å². The van der Waals surface area contributed by atoms with Gasteiger partial charge in [0.25, 0.3) is 0 Å². The average Bonchev–Trinajstić information content (AvgIpc) is 2.15. The number of benzene rings is 1. The Kier molecular flexibility index (Phi) is 3.30. The zero-order valence-corrected chi connectivity index (χ0v) is 7.45. The van der Waals surface area contributed by atoms with Crippen LogP contribution < -0.4 is 10.5 Å². The minimum Gasteiger partial charge on any atom is -0.492 e. The molecule has 0 saturated carbocycles. The molecule has 0 spiro atoms. The molecule has 1 rings (SSSR count). The van der Waals surface area contributed by atoms with Crippen LogP contribution in [-0.2, 0) is 0 Å². The molecule has 0 heterocycles. The average molecular weight is 175 g/mol. The van der Waals surface area contributed by atoms with Gasteiger partial charge < -0.3 is 4.74 Å². The zero-order valence-electron chi connectivity index (χ0n) is 7.45. The molecule has 0 amide bonds. The molecular weight excluding hydrogens is 164 g/mol. The summed E-state index contributed by atoms with van der Waals surface area (Å²) in [5.41, 5.74) is 7.81. The lowest BCUT2D eigenvalue weighted by molar-refractivity contribution is 0.293. The molecule has 0 aliphatic carbocycles. The molecule has 0 fully saturated rings. The van der Waals surface area contributed by atoms with E-state index in [4.69, 9.17) is 15.7 Å². The number of hydrogen-bond acceptors (Lipinski definition) is 2. The van der Waals surface area contributed by atoms with E-state index in [1.165, 1.54) is 0 Å². The minimum absolute atomic E-state index is 0.245. The smallest absolute Gasteiger partial charge is 0.120 e. The van der Waals surface area contributed by atoms with Gasteiger partial charge in [0.05, 0.1) is 17.7 Å². The molecular formula is C10H11N2O. The Morgan fingerprint density at radius 2 is 2.38 bits per heavy atom. The zero-order chi connectivity index (χ0) is 9.68.